The topological polar surface area (TPSA) is 35.2 Å². The van der Waals surface area contributed by atoms with Crippen LogP contribution >= 0.6 is 0 Å². The molecule has 21 heavy (non-hydrogen) atoms. The van der Waals surface area contributed by atoms with Gasteiger partial charge in [0.15, 0.2) is 0 Å². The lowest BCUT2D eigenvalue weighted by atomic mass is 9.60. The van der Waals surface area contributed by atoms with Crippen molar-refractivity contribution >= 4 is 0 Å². The fourth-order valence-corrected chi connectivity index (χ4v) is 3.86. The maximum absolute atomic E-state index is 6.92. The summed E-state index contributed by atoms with van der Waals surface area (Å²) in [6.45, 7) is 11.1. The van der Waals surface area contributed by atoms with E-state index in [0.717, 1.165) is 12.2 Å². The third-order valence-corrected chi connectivity index (χ3v) is 4.76. The van der Waals surface area contributed by atoms with Gasteiger partial charge in [-0.05, 0) is 55.7 Å². The second kappa shape index (κ2) is 6.00. The van der Waals surface area contributed by atoms with Crippen molar-refractivity contribution in [3.8, 4) is 5.75 Å². The van der Waals surface area contributed by atoms with Crippen LogP contribution in [0.4, 0.5) is 0 Å². The van der Waals surface area contributed by atoms with Gasteiger partial charge in [0, 0.05) is 5.54 Å². The highest BCUT2D eigenvalue weighted by Crippen LogP contribution is 2.48. The average molecular weight is 289 g/mol. The zero-order valence-corrected chi connectivity index (χ0v) is 14.3. The molecule has 2 nitrogen and oxygen atoms in total. The molecule has 0 radical (unpaired) electrons. The van der Waals surface area contributed by atoms with Crippen LogP contribution in [0.5, 0.6) is 5.75 Å². The normalized spacial score (nSPS) is 26.9. The summed E-state index contributed by atoms with van der Waals surface area (Å²) in [5.41, 5.74) is 8.22. The first kappa shape index (κ1) is 16.4. The molecule has 1 fully saturated rings. The molecular weight excluding hydrogens is 258 g/mol. The van der Waals surface area contributed by atoms with Crippen LogP contribution in [0.2, 0.25) is 0 Å². The van der Waals surface area contributed by atoms with Gasteiger partial charge in [0.25, 0.3) is 0 Å². The highest BCUT2D eigenvalue weighted by Gasteiger charge is 2.44. The Labute approximate surface area is 130 Å². The summed E-state index contributed by atoms with van der Waals surface area (Å²) >= 11 is 0. The Bertz CT molecular complexity index is 457. The van der Waals surface area contributed by atoms with Crippen molar-refractivity contribution in [2.75, 3.05) is 0 Å². The molecule has 118 valence electrons. The molecule has 1 aromatic carbocycles. The second-order valence-corrected chi connectivity index (χ2v) is 7.90. The van der Waals surface area contributed by atoms with E-state index in [4.69, 9.17) is 10.5 Å². The SMILES string of the molecule is CC(C)Oc1ccc(C2(N)CCCCC2C(C)(C)C)cc1. The molecule has 1 aliphatic carbocycles. The first-order valence-electron chi connectivity index (χ1n) is 8.29. The van der Waals surface area contributed by atoms with Crippen LogP contribution in [0, 0.1) is 11.3 Å². The standard InChI is InChI=1S/C19H31NO/c1-14(2)21-16-11-9-15(10-12-16)19(20)13-7-6-8-17(19)18(3,4)5/h9-12,14,17H,6-8,13,20H2,1-5H3. The van der Waals surface area contributed by atoms with Crippen molar-refractivity contribution in [2.24, 2.45) is 17.1 Å². The van der Waals surface area contributed by atoms with Gasteiger partial charge < -0.3 is 10.5 Å². The van der Waals surface area contributed by atoms with Crippen LogP contribution in [-0.2, 0) is 5.54 Å². The second-order valence-electron chi connectivity index (χ2n) is 7.90. The van der Waals surface area contributed by atoms with E-state index in [-0.39, 0.29) is 17.1 Å². The summed E-state index contributed by atoms with van der Waals surface area (Å²) in [5, 5.41) is 0. The lowest BCUT2D eigenvalue weighted by molar-refractivity contribution is 0.0777. The molecule has 0 aliphatic heterocycles. The fourth-order valence-electron chi connectivity index (χ4n) is 3.86. The molecule has 0 heterocycles. The van der Waals surface area contributed by atoms with Gasteiger partial charge in [0.2, 0.25) is 0 Å². The van der Waals surface area contributed by atoms with Gasteiger partial charge in [-0.1, -0.05) is 45.7 Å². The largest absolute Gasteiger partial charge is 0.491 e. The van der Waals surface area contributed by atoms with Crippen LogP contribution in [-0.4, -0.2) is 6.10 Å². The van der Waals surface area contributed by atoms with Crippen LogP contribution in [0.1, 0.15) is 65.9 Å². The Morgan fingerprint density at radius 3 is 2.29 bits per heavy atom. The van der Waals surface area contributed by atoms with E-state index in [1.54, 1.807) is 0 Å². The van der Waals surface area contributed by atoms with Crippen LogP contribution in [0.3, 0.4) is 0 Å². The smallest absolute Gasteiger partial charge is 0.119 e. The molecule has 2 unspecified atom stereocenters. The molecule has 1 aliphatic rings. The van der Waals surface area contributed by atoms with Gasteiger partial charge in [0.05, 0.1) is 6.10 Å². The molecule has 2 heteroatoms. The first-order chi connectivity index (χ1) is 9.73. The van der Waals surface area contributed by atoms with Crippen molar-refractivity contribution in [3.05, 3.63) is 29.8 Å². The van der Waals surface area contributed by atoms with E-state index in [2.05, 4.69) is 58.9 Å². The van der Waals surface area contributed by atoms with Crippen molar-refractivity contribution in [3.63, 3.8) is 0 Å². The predicted molar refractivity (Wildman–Crippen MR) is 89.5 cm³/mol. The maximum Gasteiger partial charge on any atom is 0.119 e. The van der Waals surface area contributed by atoms with E-state index in [1.807, 2.05) is 0 Å². The summed E-state index contributed by atoms with van der Waals surface area (Å²) in [6, 6.07) is 8.47. The van der Waals surface area contributed by atoms with Gasteiger partial charge in [-0.3, -0.25) is 0 Å². The van der Waals surface area contributed by atoms with Crippen molar-refractivity contribution in [1.29, 1.82) is 0 Å². The van der Waals surface area contributed by atoms with Crippen molar-refractivity contribution < 1.29 is 4.74 Å². The van der Waals surface area contributed by atoms with Crippen molar-refractivity contribution in [2.45, 2.75) is 71.9 Å². The third kappa shape index (κ3) is 3.60. The fraction of sp³-hybridized carbons (Fsp3) is 0.684. The lowest BCUT2D eigenvalue weighted by Gasteiger charge is -2.48. The Morgan fingerprint density at radius 2 is 1.76 bits per heavy atom. The highest BCUT2D eigenvalue weighted by molar-refractivity contribution is 5.33. The van der Waals surface area contributed by atoms with Crippen molar-refractivity contribution in [1.82, 2.24) is 0 Å². The van der Waals surface area contributed by atoms with Crippen LogP contribution in [0.15, 0.2) is 24.3 Å². The Kier molecular flexibility index (Phi) is 4.67. The van der Waals surface area contributed by atoms with Gasteiger partial charge in [-0.15, -0.1) is 0 Å². The maximum atomic E-state index is 6.92. The van der Waals surface area contributed by atoms with Gasteiger partial charge in [-0.25, -0.2) is 0 Å². The molecule has 0 aromatic heterocycles. The first-order valence-corrected chi connectivity index (χ1v) is 8.29. The van der Waals surface area contributed by atoms with Gasteiger partial charge >= 0.3 is 0 Å². The predicted octanol–water partition coefficient (Wildman–Crippen LogP) is 4.86. The highest BCUT2D eigenvalue weighted by atomic mass is 16.5. The monoisotopic (exact) mass is 289 g/mol. The van der Waals surface area contributed by atoms with Crippen LogP contribution in [0.25, 0.3) is 0 Å². The molecule has 0 saturated heterocycles. The van der Waals surface area contributed by atoms with Gasteiger partial charge in [-0.2, -0.15) is 0 Å². The van der Waals surface area contributed by atoms with E-state index in [0.29, 0.717) is 5.92 Å². The molecule has 2 N–H and O–H groups in total. The van der Waals surface area contributed by atoms with E-state index in [9.17, 15) is 0 Å². The Balaban J connectivity index is 2.28. The number of hydrogen-bond donors (Lipinski definition) is 1. The number of rotatable bonds is 3. The summed E-state index contributed by atoms with van der Waals surface area (Å²) in [6.07, 6.45) is 5.05. The molecule has 2 rings (SSSR count). The summed E-state index contributed by atoms with van der Waals surface area (Å²) < 4.78 is 5.74. The Hall–Kier alpha value is -1.02. The number of benzene rings is 1. The molecule has 2 atom stereocenters. The number of ether oxygens (including phenoxy) is 1. The zero-order chi connectivity index (χ0) is 15.7. The number of hydrogen-bond acceptors (Lipinski definition) is 2. The summed E-state index contributed by atoms with van der Waals surface area (Å²) in [7, 11) is 0. The minimum Gasteiger partial charge on any atom is -0.491 e. The molecule has 0 bridgehead atoms. The molecular formula is C19H31NO. The Morgan fingerprint density at radius 1 is 1.14 bits per heavy atom. The van der Waals surface area contributed by atoms with E-state index in [1.165, 1.54) is 24.8 Å². The minimum absolute atomic E-state index is 0.202. The van der Waals surface area contributed by atoms with E-state index < -0.39 is 0 Å². The lowest BCUT2D eigenvalue weighted by Crippen LogP contribution is -2.51. The molecule has 1 saturated carbocycles. The minimum atomic E-state index is -0.202. The van der Waals surface area contributed by atoms with Gasteiger partial charge in [0.1, 0.15) is 5.75 Å². The summed E-state index contributed by atoms with van der Waals surface area (Å²) in [5.74, 6) is 1.45. The van der Waals surface area contributed by atoms with Crippen LogP contribution < -0.4 is 10.5 Å². The molecule has 0 amide bonds. The quantitative estimate of drug-likeness (QED) is 0.862. The molecule has 0 spiro atoms. The summed E-state index contributed by atoms with van der Waals surface area (Å²) in [4.78, 5) is 0. The van der Waals surface area contributed by atoms with E-state index >= 15 is 0 Å². The third-order valence-electron chi connectivity index (χ3n) is 4.76. The number of nitrogens with two attached hydrogens (primary N) is 1. The average Bonchev–Trinajstić information content (AvgIpc) is 2.37. The zero-order valence-electron chi connectivity index (χ0n) is 14.3. The molecule has 1 aromatic rings.